The van der Waals surface area contributed by atoms with E-state index in [0.717, 1.165) is 66.6 Å². The number of carbonyl (C=O) groups is 1. The average molecular weight is 564 g/mol. The van der Waals surface area contributed by atoms with Crippen LogP contribution in [0.4, 0.5) is 5.82 Å². The van der Waals surface area contributed by atoms with Gasteiger partial charge in [0.05, 0.1) is 10.4 Å². The topological polar surface area (TPSA) is 36.4 Å². The van der Waals surface area contributed by atoms with Crippen LogP contribution in [-0.2, 0) is 17.6 Å². The number of pyridine rings is 1. The Morgan fingerprint density at radius 2 is 1.65 bits per heavy atom. The summed E-state index contributed by atoms with van der Waals surface area (Å²) in [5.41, 5.74) is 5.79. The van der Waals surface area contributed by atoms with Crippen LogP contribution < -0.4 is 4.90 Å². The predicted octanol–water partition coefficient (Wildman–Crippen LogP) is 7.45. The van der Waals surface area contributed by atoms with Crippen LogP contribution >= 0.6 is 24.0 Å². The van der Waals surface area contributed by atoms with E-state index >= 15 is 0 Å². The van der Waals surface area contributed by atoms with Crippen molar-refractivity contribution >= 4 is 57.0 Å². The number of benzene rings is 3. The summed E-state index contributed by atoms with van der Waals surface area (Å²) in [6.07, 6.45) is 6.17. The van der Waals surface area contributed by atoms with Crippen LogP contribution in [0.2, 0.25) is 0 Å². The summed E-state index contributed by atoms with van der Waals surface area (Å²) >= 11 is 7.05. The number of anilines is 1. The molecule has 0 radical (unpaired) electrons. The van der Waals surface area contributed by atoms with E-state index in [1.165, 1.54) is 22.9 Å². The van der Waals surface area contributed by atoms with Gasteiger partial charge in [0.15, 0.2) is 0 Å². The highest BCUT2D eigenvalue weighted by Gasteiger charge is 2.32. The fraction of sp³-hybridized carbons (Fsp3) is 0.265. The molecule has 3 aromatic carbocycles. The molecule has 2 aliphatic heterocycles. The van der Waals surface area contributed by atoms with Crippen LogP contribution in [0.25, 0.3) is 17.0 Å². The number of amides is 1. The number of thiocarbonyl (C=S) groups is 1. The maximum absolute atomic E-state index is 13.5. The van der Waals surface area contributed by atoms with Gasteiger partial charge < -0.3 is 4.90 Å². The molecule has 6 rings (SSSR count). The van der Waals surface area contributed by atoms with E-state index in [9.17, 15) is 4.79 Å². The second-order valence-corrected chi connectivity index (χ2v) is 12.4. The number of aromatic nitrogens is 1. The highest BCUT2D eigenvalue weighted by molar-refractivity contribution is 8.26. The molecule has 0 saturated carbocycles. The van der Waals surface area contributed by atoms with E-state index in [-0.39, 0.29) is 5.91 Å². The number of aryl methyl sites for hydroxylation is 1. The minimum absolute atomic E-state index is 0.0113. The van der Waals surface area contributed by atoms with Crippen molar-refractivity contribution in [2.75, 3.05) is 24.5 Å². The number of piperidine rings is 1. The van der Waals surface area contributed by atoms with Gasteiger partial charge >= 0.3 is 0 Å². The quantitative estimate of drug-likeness (QED) is 0.172. The smallest absolute Gasteiger partial charge is 0.266 e. The molecular formula is C34H33N3OS2. The van der Waals surface area contributed by atoms with Gasteiger partial charge in [-0.3, -0.25) is 9.69 Å². The van der Waals surface area contributed by atoms with Crippen molar-refractivity contribution in [3.63, 3.8) is 0 Å². The largest absolute Gasteiger partial charge is 0.356 e. The van der Waals surface area contributed by atoms with E-state index in [0.29, 0.717) is 21.7 Å². The van der Waals surface area contributed by atoms with Crippen molar-refractivity contribution in [3.05, 3.63) is 112 Å². The maximum atomic E-state index is 13.5. The Labute approximate surface area is 246 Å². The summed E-state index contributed by atoms with van der Waals surface area (Å²) in [5.74, 6) is 1.63. The molecular weight excluding hydrogens is 531 g/mol. The zero-order chi connectivity index (χ0) is 27.5. The molecule has 2 saturated heterocycles. The average Bonchev–Trinajstić information content (AvgIpc) is 3.24. The highest BCUT2D eigenvalue weighted by Crippen LogP contribution is 2.36. The van der Waals surface area contributed by atoms with Crippen molar-refractivity contribution < 1.29 is 4.79 Å². The molecule has 2 fully saturated rings. The highest BCUT2D eigenvalue weighted by atomic mass is 32.2. The van der Waals surface area contributed by atoms with Gasteiger partial charge in [-0.1, -0.05) is 103 Å². The van der Waals surface area contributed by atoms with Crippen LogP contribution in [0.15, 0.2) is 89.8 Å². The number of rotatable bonds is 7. The van der Waals surface area contributed by atoms with Crippen LogP contribution in [0, 0.1) is 12.8 Å². The van der Waals surface area contributed by atoms with Crippen molar-refractivity contribution in [2.45, 2.75) is 32.6 Å². The van der Waals surface area contributed by atoms with E-state index in [4.69, 9.17) is 17.2 Å². The maximum Gasteiger partial charge on any atom is 0.266 e. The third-order valence-electron chi connectivity index (χ3n) is 7.96. The number of carbonyl (C=O) groups excluding carboxylic acids is 1. The standard InChI is InChI=1S/C34H33N3OS2/c1-24-9-8-14-28-22-29(23-30-33(38)37(34(39)40-30)20-17-25-10-4-2-5-11-25)32(35-31(24)28)36-18-15-27(16-19-36)21-26-12-6-3-7-13-26/h2-14,22-23,27H,15-21H2,1H3/b30-23-. The van der Waals surface area contributed by atoms with E-state index in [1.807, 2.05) is 24.3 Å². The lowest BCUT2D eigenvalue weighted by atomic mass is 9.90. The van der Waals surface area contributed by atoms with E-state index < -0.39 is 0 Å². The fourth-order valence-electron chi connectivity index (χ4n) is 5.73. The third-order valence-corrected chi connectivity index (χ3v) is 9.34. The molecule has 6 heteroatoms. The summed E-state index contributed by atoms with van der Waals surface area (Å²) < 4.78 is 0.625. The van der Waals surface area contributed by atoms with Crippen LogP contribution in [0.5, 0.6) is 0 Å². The van der Waals surface area contributed by atoms with Crippen LogP contribution in [0.1, 0.15) is 35.1 Å². The van der Waals surface area contributed by atoms with Gasteiger partial charge in [-0.15, -0.1) is 0 Å². The molecule has 40 heavy (non-hydrogen) atoms. The molecule has 1 amide bonds. The lowest BCUT2D eigenvalue weighted by Gasteiger charge is -2.34. The Bertz CT molecular complexity index is 1560. The number of fused-ring (bicyclic) bond motifs is 1. The fourth-order valence-corrected chi connectivity index (χ4v) is 7.03. The van der Waals surface area contributed by atoms with Gasteiger partial charge in [-0.25, -0.2) is 4.98 Å². The molecule has 4 aromatic rings. The Morgan fingerprint density at radius 3 is 2.38 bits per heavy atom. The Balaban J connectivity index is 1.25. The number of hydrogen-bond acceptors (Lipinski definition) is 5. The summed E-state index contributed by atoms with van der Waals surface area (Å²) in [6.45, 7) is 4.62. The van der Waals surface area contributed by atoms with E-state index in [1.54, 1.807) is 4.90 Å². The Morgan fingerprint density at radius 1 is 0.950 bits per heavy atom. The summed E-state index contributed by atoms with van der Waals surface area (Å²) in [4.78, 5) is 23.5. The lowest BCUT2D eigenvalue weighted by Crippen LogP contribution is -2.35. The minimum Gasteiger partial charge on any atom is -0.356 e. The molecule has 1 aromatic heterocycles. The summed E-state index contributed by atoms with van der Waals surface area (Å²) in [7, 11) is 0. The van der Waals surface area contributed by atoms with Gasteiger partial charge in [0, 0.05) is 30.6 Å². The number of thioether (sulfide) groups is 1. The summed E-state index contributed by atoms with van der Waals surface area (Å²) in [5, 5.41) is 1.09. The molecule has 0 bridgehead atoms. The van der Waals surface area contributed by atoms with Crippen LogP contribution in [-0.4, -0.2) is 39.7 Å². The minimum atomic E-state index is -0.0113. The van der Waals surface area contributed by atoms with Crippen molar-refractivity contribution in [1.82, 2.24) is 9.88 Å². The van der Waals surface area contributed by atoms with Gasteiger partial charge in [0.2, 0.25) is 0 Å². The monoisotopic (exact) mass is 563 g/mol. The van der Waals surface area contributed by atoms with E-state index in [2.05, 4.69) is 78.6 Å². The molecule has 0 spiro atoms. The van der Waals surface area contributed by atoms with Crippen LogP contribution in [0.3, 0.4) is 0 Å². The molecule has 4 nitrogen and oxygen atoms in total. The number of nitrogens with zero attached hydrogens (tertiary/aromatic N) is 3. The van der Waals surface area contributed by atoms with Gasteiger partial charge in [0.25, 0.3) is 5.91 Å². The lowest BCUT2D eigenvalue weighted by molar-refractivity contribution is -0.122. The van der Waals surface area contributed by atoms with Gasteiger partial charge in [-0.2, -0.15) is 0 Å². The predicted molar refractivity (Wildman–Crippen MR) is 172 cm³/mol. The number of hydrogen-bond donors (Lipinski definition) is 0. The normalized spacial score (nSPS) is 17.4. The van der Waals surface area contributed by atoms with Gasteiger partial charge in [-0.05, 0) is 67.4 Å². The molecule has 0 aliphatic carbocycles. The third kappa shape index (κ3) is 5.84. The zero-order valence-electron chi connectivity index (χ0n) is 22.8. The molecule has 0 N–H and O–H groups in total. The second-order valence-electron chi connectivity index (χ2n) is 10.7. The Kier molecular flexibility index (Phi) is 7.98. The molecule has 202 valence electrons. The second kappa shape index (κ2) is 11.9. The van der Waals surface area contributed by atoms with Gasteiger partial charge in [0.1, 0.15) is 10.1 Å². The van der Waals surface area contributed by atoms with Crippen molar-refractivity contribution in [1.29, 1.82) is 0 Å². The molecule has 2 aliphatic rings. The SMILES string of the molecule is Cc1cccc2cc(/C=C3\SC(=S)N(CCc4ccccc4)C3=O)c(N3CCC(Cc4ccccc4)CC3)nc12. The van der Waals surface area contributed by atoms with Crippen molar-refractivity contribution in [3.8, 4) is 0 Å². The first kappa shape index (κ1) is 26.7. The zero-order valence-corrected chi connectivity index (χ0v) is 24.4. The first-order valence-electron chi connectivity index (χ1n) is 14.0. The molecule has 3 heterocycles. The molecule has 0 unspecified atom stereocenters. The summed E-state index contributed by atoms with van der Waals surface area (Å²) in [6, 6.07) is 29.5. The first-order chi connectivity index (χ1) is 19.5. The number of para-hydroxylation sites is 1. The first-order valence-corrected chi connectivity index (χ1v) is 15.3. The Hall–Kier alpha value is -3.48. The molecule has 0 atom stereocenters. The van der Waals surface area contributed by atoms with Crippen molar-refractivity contribution in [2.24, 2.45) is 5.92 Å².